The Kier molecular flexibility index (Phi) is 1.71. The standard InChI is InChI=1S/C8H4BrN3O/c9-8-5(4-10)7(13)6-2-1-3-12(6)11-8/h1-3,11H. The van der Waals surface area contributed by atoms with E-state index in [-0.39, 0.29) is 11.0 Å². The van der Waals surface area contributed by atoms with E-state index in [1.807, 2.05) is 6.07 Å². The van der Waals surface area contributed by atoms with Crippen LogP contribution in [0.1, 0.15) is 5.56 Å². The third kappa shape index (κ3) is 1.07. The molecule has 0 radical (unpaired) electrons. The molecule has 0 aromatic carbocycles. The van der Waals surface area contributed by atoms with Crippen molar-refractivity contribution in [1.29, 1.82) is 5.26 Å². The Hall–Kier alpha value is -1.54. The third-order valence-corrected chi connectivity index (χ3v) is 2.33. The normalized spacial score (nSPS) is 10.2. The van der Waals surface area contributed by atoms with Gasteiger partial charge in [0.2, 0.25) is 5.43 Å². The second-order valence-corrected chi connectivity index (χ2v) is 3.30. The van der Waals surface area contributed by atoms with E-state index in [1.165, 1.54) is 0 Å². The fourth-order valence-electron chi connectivity index (χ4n) is 1.15. The molecular formula is C8H4BrN3O. The smallest absolute Gasteiger partial charge is 0.224 e. The number of H-pyrrole nitrogens is 1. The van der Waals surface area contributed by atoms with E-state index < -0.39 is 0 Å². The van der Waals surface area contributed by atoms with E-state index in [4.69, 9.17) is 5.26 Å². The predicted molar refractivity (Wildman–Crippen MR) is 50.4 cm³/mol. The van der Waals surface area contributed by atoms with Gasteiger partial charge >= 0.3 is 0 Å². The van der Waals surface area contributed by atoms with Crippen molar-refractivity contribution in [2.45, 2.75) is 0 Å². The number of aromatic amines is 1. The van der Waals surface area contributed by atoms with Gasteiger partial charge in [0.15, 0.2) is 0 Å². The van der Waals surface area contributed by atoms with Crippen molar-refractivity contribution in [3.8, 4) is 6.07 Å². The van der Waals surface area contributed by atoms with Crippen molar-refractivity contribution in [2.75, 3.05) is 0 Å². The van der Waals surface area contributed by atoms with Crippen molar-refractivity contribution < 1.29 is 0 Å². The first kappa shape index (κ1) is 8.08. The molecule has 1 N–H and O–H groups in total. The van der Waals surface area contributed by atoms with Gasteiger partial charge in [0, 0.05) is 6.20 Å². The Morgan fingerprint density at radius 2 is 2.38 bits per heavy atom. The molecule has 2 rings (SSSR count). The summed E-state index contributed by atoms with van der Waals surface area (Å²) >= 11 is 3.11. The molecule has 0 aliphatic rings. The molecule has 0 amide bonds. The molecule has 4 nitrogen and oxygen atoms in total. The number of nitrogens with zero attached hydrogens (tertiary/aromatic N) is 2. The lowest BCUT2D eigenvalue weighted by Crippen LogP contribution is -2.12. The van der Waals surface area contributed by atoms with Crippen LogP contribution in [0.3, 0.4) is 0 Å². The maximum Gasteiger partial charge on any atom is 0.224 e. The molecule has 0 fully saturated rings. The average molecular weight is 238 g/mol. The van der Waals surface area contributed by atoms with Gasteiger partial charge in [0.05, 0.1) is 0 Å². The fourth-order valence-corrected chi connectivity index (χ4v) is 1.61. The maximum absolute atomic E-state index is 11.5. The molecule has 64 valence electrons. The summed E-state index contributed by atoms with van der Waals surface area (Å²) in [6.45, 7) is 0. The first-order valence-electron chi connectivity index (χ1n) is 3.53. The van der Waals surface area contributed by atoms with Crippen LogP contribution in [0.5, 0.6) is 0 Å². The minimum Gasteiger partial charge on any atom is -0.286 e. The van der Waals surface area contributed by atoms with Gasteiger partial charge in [-0.1, -0.05) is 0 Å². The molecule has 0 bridgehead atoms. The average Bonchev–Trinajstić information content (AvgIpc) is 2.53. The summed E-state index contributed by atoms with van der Waals surface area (Å²) in [4.78, 5) is 11.5. The predicted octanol–water partition coefficient (Wildman–Crippen LogP) is 1.26. The molecule has 2 aromatic rings. The van der Waals surface area contributed by atoms with E-state index in [1.54, 1.807) is 22.8 Å². The highest BCUT2D eigenvalue weighted by Gasteiger charge is 2.08. The maximum atomic E-state index is 11.5. The minimum atomic E-state index is -0.266. The van der Waals surface area contributed by atoms with Crippen LogP contribution in [0.2, 0.25) is 0 Å². The summed E-state index contributed by atoms with van der Waals surface area (Å²) in [5.41, 5.74) is 0.309. The number of halogens is 1. The number of nitrogens with one attached hydrogen (secondary N) is 1. The lowest BCUT2D eigenvalue weighted by atomic mass is 10.3. The molecule has 2 heterocycles. The summed E-state index contributed by atoms with van der Waals surface area (Å²) < 4.78 is 1.97. The largest absolute Gasteiger partial charge is 0.286 e. The van der Waals surface area contributed by atoms with E-state index in [9.17, 15) is 4.79 Å². The summed E-state index contributed by atoms with van der Waals surface area (Å²) in [6, 6.07) is 5.24. The van der Waals surface area contributed by atoms with Gasteiger partial charge in [-0.2, -0.15) is 5.26 Å². The van der Waals surface area contributed by atoms with Crippen molar-refractivity contribution in [3.63, 3.8) is 0 Å². The Bertz CT molecular complexity index is 561. The molecule has 0 spiro atoms. The van der Waals surface area contributed by atoms with Gasteiger partial charge in [-0.05, 0) is 28.1 Å². The quantitative estimate of drug-likeness (QED) is 0.750. The van der Waals surface area contributed by atoms with Crippen LogP contribution in [0.4, 0.5) is 0 Å². The van der Waals surface area contributed by atoms with Gasteiger partial charge in [0.25, 0.3) is 0 Å². The Morgan fingerprint density at radius 3 is 3.08 bits per heavy atom. The summed E-state index contributed by atoms with van der Waals surface area (Å²) in [5.74, 6) is 0. The SMILES string of the molecule is N#Cc1c(Br)[nH]n2cccc2c1=O. The number of aromatic nitrogens is 2. The van der Waals surface area contributed by atoms with E-state index in [0.29, 0.717) is 10.1 Å². The second kappa shape index (κ2) is 2.75. The van der Waals surface area contributed by atoms with Crippen molar-refractivity contribution in [1.82, 2.24) is 9.61 Å². The molecule has 0 aliphatic carbocycles. The van der Waals surface area contributed by atoms with Crippen LogP contribution in [-0.2, 0) is 0 Å². The number of hydrogen-bond acceptors (Lipinski definition) is 2. The molecule has 0 aliphatic heterocycles. The van der Waals surface area contributed by atoms with E-state index in [0.717, 1.165) is 0 Å². The lowest BCUT2D eigenvalue weighted by Gasteiger charge is -1.98. The molecule has 13 heavy (non-hydrogen) atoms. The number of fused-ring (bicyclic) bond motifs is 1. The zero-order valence-corrected chi connectivity index (χ0v) is 8.00. The van der Waals surface area contributed by atoms with E-state index in [2.05, 4.69) is 21.0 Å². The highest BCUT2D eigenvalue weighted by molar-refractivity contribution is 9.10. The van der Waals surface area contributed by atoms with Crippen LogP contribution >= 0.6 is 15.9 Å². The van der Waals surface area contributed by atoms with Gasteiger partial charge in [-0.3, -0.25) is 14.4 Å². The molecule has 0 unspecified atom stereocenters. The molecule has 2 aromatic heterocycles. The Morgan fingerprint density at radius 1 is 1.62 bits per heavy atom. The molecular weight excluding hydrogens is 234 g/mol. The van der Waals surface area contributed by atoms with Crippen LogP contribution in [0, 0.1) is 11.3 Å². The highest BCUT2D eigenvalue weighted by Crippen LogP contribution is 2.09. The van der Waals surface area contributed by atoms with Crippen molar-refractivity contribution in [2.24, 2.45) is 0 Å². The molecule has 0 atom stereocenters. The molecule has 5 heteroatoms. The zero-order chi connectivity index (χ0) is 9.42. The monoisotopic (exact) mass is 237 g/mol. The van der Waals surface area contributed by atoms with Crippen LogP contribution < -0.4 is 5.43 Å². The van der Waals surface area contributed by atoms with Crippen LogP contribution in [0.15, 0.2) is 27.7 Å². The number of hydrogen-bond donors (Lipinski definition) is 1. The molecule has 0 saturated heterocycles. The lowest BCUT2D eigenvalue weighted by molar-refractivity contribution is 0.910. The van der Waals surface area contributed by atoms with Gasteiger partial charge < -0.3 is 0 Å². The van der Waals surface area contributed by atoms with Gasteiger partial charge in [0.1, 0.15) is 21.8 Å². The van der Waals surface area contributed by atoms with Gasteiger partial charge in [-0.25, -0.2) is 0 Å². The summed E-state index contributed by atoms with van der Waals surface area (Å²) in [5, 5.41) is 11.5. The Labute approximate surface area is 81.5 Å². The minimum absolute atomic E-state index is 0.103. The van der Waals surface area contributed by atoms with Gasteiger partial charge in [-0.15, -0.1) is 0 Å². The molecule has 0 saturated carbocycles. The highest BCUT2D eigenvalue weighted by atomic mass is 79.9. The summed E-state index contributed by atoms with van der Waals surface area (Å²) in [6.07, 6.45) is 1.71. The first-order chi connectivity index (χ1) is 6.24. The van der Waals surface area contributed by atoms with Crippen molar-refractivity contribution >= 4 is 21.4 Å². The van der Waals surface area contributed by atoms with Crippen LogP contribution in [-0.4, -0.2) is 9.61 Å². The topological polar surface area (TPSA) is 61.1 Å². The van der Waals surface area contributed by atoms with E-state index >= 15 is 0 Å². The number of rotatable bonds is 0. The second-order valence-electron chi connectivity index (χ2n) is 2.51. The Balaban J connectivity index is 3.04. The van der Waals surface area contributed by atoms with Crippen LogP contribution in [0.25, 0.3) is 5.52 Å². The first-order valence-corrected chi connectivity index (χ1v) is 4.32. The fraction of sp³-hybridized carbons (Fsp3) is 0. The number of nitriles is 1. The third-order valence-electron chi connectivity index (χ3n) is 1.76. The van der Waals surface area contributed by atoms with Crippen molar-refractivity contribution in [3.05, 3.63) is 38.7 Å². The zero-order valence-electron chi connectivity index (χ0n) is 6.41. The summed E-state index contributed by atoms with van der Waals surface area (Å²) in [7, 11) is 0.